The summed E-state index contributed by atoms with van der Waals surface area (Å²) in [4.78, 5) is 10.3. The number of aliphatic hydroxyl groups excluding tert-OH is 1. The summed E-state index contributed by atoms with van der Waals surface area (Å²) >= 11 is 0. The van der Waals surface area contributed by atoms with Crippen LogP contribution < -0.4 is 5.32 Å². The molecule has 0 aromatic heterocycles. The van der Waals surface area contributed by atoms with Crippen LogP contribution in [0.3, 0.4) is 0 Å². The molecular formula is C16H16N2O4. The normalized spacial score (nSPS) is 24.3. The lowest BCUT2D eigenvalue weighted by Crippen LogP contribution is -2.30. The Bertz CT molecular complexity index is 645. The van der Waals surface area contributed by atoms with Crippen LogP contribution in [0.1, 0.15) is 23.5 Å². The van der Waals surface area contributed by atoms with E-state index < -0.39 is 11.2 Å². The number of nitrogens with zero attached hydrogens (tertiary/aromatic N) is 1. The Balaban J connectivity index is 1.80. The van der Waals surface area contributed by atoms with Crippen LogP contribution in [-0.2, 0) is 4.74 Å². The maximum absolute atomic E-state index is 10.7. The maximum atomic E-state index is 10.7. The molecule has 6 nitrogen and oxygen atoms in total. The van der Waals surface area contributed by atoms with Crippen LogP contribution >= 0.6 is 0 Å². The fourth-order valence-electron chi connectivity index (χ4n) is 2.61. The summed E-state index contributed by atoms with van der Waals surface area (Å²) in [5, 5.41) is 23.5. The minimum absolute atomic E-state index is 0.0417. The van der Waals surface area contributed by atoms with Gasteiger partial charge in [0.25, 0.3) is 5.69 Å². The number of benzene rings is 2. The topological polar surface area (TPSA) is 84.6 Å². The molecule has 1 aliphatic heterocycles. The molecule has 0 amide bonds. The molecule has 0 spiro atoms. The standard InChI is InChI=1S/C16H16N2O4/c19-10-14-15(11-4-2-1-3-5-11)22-16(17-14)12-6-8-13(9-7-12)18(20)21/h1-9,14-17,19H,10H2/t14-,15?,16+/m0/s1. The van der Waals surface area contributed by atoms with Crippen molar-refractivity contribution in [3.8, 4) is 0 Å². The highest BCUT2D eigenvalue weighted by atomic mass is 16.6. The van der Waals surface area contributed by atoms with Crippen LogP contribution in [0.5, 0.6) is 0 Å². The molecule has 1 fully saturated rings. The van der Waals surface area contributed by atoms with Crippen LogP contribution in [0.15, 0.2) is 54.6 Å². The minimum Gasteiger partial charge on any atom is -0.395 e. The third kappa shape index (κ3) is 2.85. The monoisotopic (exact) mass is 300 g/mol. The lowest BCUT2D eigenvalue weighted by molar-refractivity contribution is -0.384. The quantitative estimate of drug-likeness (QED) is 0.668. The Labute approximate surface area is 127 Å². The number of ether oxygens (including phenoxy) is 1. The summed E-state index contributed by atoms with van der Waals surface area (Å²) in [6, 6.07) is 15.7. The molecule has 1 unspecified atom stereocenters. The van der Waals surface area contributed by atoms with E-state index >= 15 is 0 Å². The van der Waals surface area contributed by atoms with Crippen molar-refractivity contribution in [3.05, 3.63) is 75.8 Å². The van der Waals surface area contributed by atoms with E-state index in [1.54, 1.807) is 12.1 Å². The zero-order valence-corrected chi connectivity index (χ0v) is 11.8. The first-order valence-corrected chi connectivity index (χ1v) is 7.00. The van der Waals surface area contributed by atoms with Gasteiger partial charge in [-0.25, -0.2) is 0 Å². The number of nitrogens with one attached hydrogen (secondary N) is 1. The highest BCUT2D eigenvalue weighted by Crippen LogP contribution is 2.35. The van der Waals surface area contributed by atoms with E-state index in [1.807, 2.05) is 30.3 Å². The first-order valence-electron chi connectivity index (χ1n) is 7.00. The zero-order chi connectivity index (χ0) is 15.5. The highest BCUT2D eigenvalue weighted by Gasteiger charge is 2.35. The Morgan fingerprint density at radius 2 is 1.77 bits per heavy atom. The predicted octanol–water partition coefficient (Wildman–Crippen LogP) is 2.32. The fourth-order valence-corrected chi connectivity index (χ4v) is 2.61. The van der Waals surface area contributed by atoms with E-state index in [4.69, 9.17) is 4.74 Å². The van der Waals surface area contributed by atoms with Crippen molar-refractivity contribution in [2.75, 3.05) is 6.61 Å². The second-order valence-corrected chi connectivity index (χ2v) is 5.15. The smallest absolute Gasteiger partial charge is 0.269 e. The summed E-state index contributed by atoms with van der Waals surface area (Å²) in [5.41, 5.74) is 1.82. The van der Waals surface area contributed by atoms with Crippen LogP contribution in [0.4, 0.5) is 5.69 Å². The van der Waals surface area contributed by atoms with Crippen molar-refractivity contribution in [3.63, 3.8) is 0 Å². The molecule has 114 valence electrons. The van der Waals surface area contributed by atoms with Crippen LogP contribution in [0.2, 0.25) is 0 Å². The summed E-state index contributed by atoms with van der Waals surface area (Å²) in [5.74, 6) is 0. The molecule has 0 aliphatic carbocycles. The van der Waals surface area contributed by atoms with Gasteiger partial charge in [0.1, 0.15) is 12.3 Å². The van der Waals surface area contributed by atoms with Crippen molar-refractivity contribution >= 4 is 5.69 Å². The molecule has 3 atom stereocenters. The molecule has 3 rings (SSSR count). The lowest BCUT2D eigenvalue weighted by atomic mass is 10.0. The molecular weight excluding hydrogens is 284 g/mol. The van der Waals surface area contributed by atoms with Gasteiger partial charge in [-0.05, 0) is 23.3 Å². The van der Waals surface area contributed by atoms with Gasteiger partial charge in [-0.2, -0.15) is 0 Å². The number of aliphatic hydroxyl groups is 1. The van der Waals surface area contributed by atoms with Gasteiger partial charge < -0.3 is 9.84 Å². The van der Waals surface area contributed by atoms with Crippen molar-refractivity contribution in [2.45, 2.75) is 18.4 Å². The summed E-state index contributed by atoms with van der Waals surface area (Å²) in [6.07, 6.45) is -0.658. The molecule has 1 aliphatic rings. The largest absolute Gasteiger partial charge is 0.395 e. The fraction of sp³-hybridized carbons (Fsp3) is 0.250. The average molecular weight is 300 g/mol. The predicted molar refractivity (Wildman–Crippen MR) is 80.1 cm³/mol. The maximum Gasteiger partial charge on any atom is 0.269 e. The number of non-ortho nitro benzene ring substituents is 1. The van der Waals surface area contributed by atoms with Crippen LogP contribution in [0, 0.1) is 10.1 Å². The first-order chi connectivity index (χ1) is 10.7. The Hall–Kier alpha value is -2.28. The second kappa shape index (κ2) is 6.23. The summed E-state index contributed by atoms with van der Waals surface area (Å²) in [7, 11) is 0. The number of nitro benzene ring substituents is 1. The molecule has 0 radical (unpaired) electrons. The van der Waals surface area contributed by atoms with Gasteiger partial charge in [0, 0.05) is 12.1 Å². The molecule has 0 saturated carbocycles. The van der Waals surface area contributed by atoms with E-state index in [1.165, 1.54) is 12.1 Å². The second-order valence-electron chi connectivity index (χ2n) is 5.15. The zero-order valence-electron chi connectivity index (χ0n) is 11.8. The highest BCUT2D eigenvalue weighted by molar-refractivity contribution is 5.34. The number of hydrogen-bond acceptors (Lipinski definition) is 5. The Morgan fingerprint density at radius 1 is 1.09 bits per heavy atom. The molecule has 2 aromatic rings. The molecule has 22 heavy (non-hydrogen) atoms. The third-order valence-corrected chi connectivity index (χ3v) is 3.75. The third-order valence-electron chi connectivity index (χ3n) is 3.75. The van der Waals surface area contributed by atoms with Crippen molar-refractivity contribution in [1.82, 2.24) is 5.32 Å². The minimum atomic E-state index is -0.435. The lowest BCUT2D eigenvalue weighted by Gasteiger charge is -2.15. The molecule has 0 bridgehead atoms. The number of rotatable bonds is 4. The summed E-state index contributed by atoms with van der Waals surface area (Å²) < 4.78 is 6.00. The Morgan fingerprint density at radius 3 is 2.36 bits per heavy atom. The van der Waals surface area contributed by atoms with Gasteiger partial charge >= 0.3 is 0 Å². The first kappa shape index (κ1) is 14.6. The molecule has 1 heterocycles. The van der Waals surface area contributed by atoms with Crippen molar-refractivity contribution < 1.29 is 14.8 Å². The molecule has 6 heteroatoms. The van der Waals surface area contributed by atoms with Gasteiger partial charge in [-0.3, -0.25) is 15.4 Å². The molecule has 2 aromatic carbocycles. The van der Waals surface area contributed by atoms with Crippen LogP contribution in [-0.4, -0.2) is 22.7 Å². The van der Waals surface area contributed by atoms with Gasteiger partial charge in [0.15, 0.2) is 0 Å². The van der Waals surface area contributed by atoms with Crippen molar-refractivity contribution in [2.24, 2.45) is 0 Å². The Kier molecular flexibility index (Phi) is 4.15. The van der Waals surface area contributed by atoms with E-state index in [0.717, 1.165) is 11.1 Å². The van der Waals surface area contributed by atoms with E-state index in [9.17, 15) is 15.2 Å². The number of hydrogen-bond donors (Lipinski definition) is 2. The SMILES string of the molecule is O=[N+]([O-])c1ccc([C@@H]2N[C@@H](CO)C(c3ccccc3)O2)cc1. The van der Waals surface area contributed by atoms with Gasteiger partial charge in [0.2, 0.25) is 0 Å². The molecule has 1 saturated heterocycles. The van der Waals surface area contributed by atoms with Gasteiger partial charge in [-0.15, -0.1) is 0 Å². The van der Waals surface area contributed by atoms with E-state index in [-0.39, 0.29) is 24.4 Å². The van der Waals surface area contributed by atoms with Gasteiger partial charge in [0.05, 0.1) is 17.6 Å². The molecule has 2 N–H and O–H groups in total. The van der Waals surface area contributed by atoms with Crippen molar-refractivity contribution in [1.29, 1.82) is 0 Å². The number of nitro groups is 1. The van der Waals surface area contributed by atoms with Gasteiger partial charge in [-0.1, -0.05) is 30.3 Å². The summed E-state index contributed by atoms with van der Waals surface area (Å²) in [6.45, 7) is -0.0525. The van der Waals surface area contributed by atoms with E-state index in [0.29, 0.717) is 0 Å². The average Bonchev–Trinajstić information content (AvgIpc) is 3.00. The van der Waals surface area contributed by atoms with E-state index in [2.05, 4.69) is 5.32 Å². The van der Waals surface area contributed by atoms with Crippen LogP contribution in [0.25, 0.3) is 0 Å².